The SMILES string of the molecule is Cc1cc(C)n(/C(=C\C#Cc2ccc(C(C)(C)C)cc2)c2ccc(C(C)(C)C)cc2)n1. The maximum Gasteiger partial charge on any atom is 0.0804 e. The quantitative estimate of drug-likeness (QED) is 0.414. The Bertz CT molecular complexity index is 1130. The summed E-state index contributed by atoms with van der Waals surface area (Å²) in [6, 6.07) is 19.4. The summed E-state index contributed by atoms with van der Waals surface area (Å²) in [6.45, 7) is 17.5. The van der Waals surface area contributed by atoms with Gasteiger partial charge in [0.05, 0.1) is 11.4 Å². The topological polar surface area (TPSA) is 17.8 Å². The van der Waals surface area contributed by atoms with Crippen molar-refractivity contribution in [3.63, 3.8) is 0 Å². The normalized spacial score (nSPS) is 12.5. The van der Waals surface area contributed by atoms with E-state index >= 15 is 0 Å². The van der Waals surface area contributed by atoms with Gasteiger partial charge in [0.15, 0.2) is 0 Å². The fraction of sp³-hybridized carbons (Fsp3) is 0.345. The van der Waals surface area contributed by atoms with Gasteiger partial charge in [-0.05, 0) is 54.0 Å². The lowest BCUT2D eigenvalue weighted by Gasteiger charge is -2.19. The van der Waals surface area contributed by atoms with Gasteiger partial charge in [-0.2, -0.15) is 5.10 Å². The smallest absolute Gasteiger partial charge is 0.0804 e. The van der Waals surface area contributed by atoms with E-state index in [1.165, 1.54) is 11.1 Å². The minimum absolute atomic E-state index is 0.125. The van der Waals surface area contributed by atoms with Crippen molar-refractivity contribution >= 4 is 5.70 Å². The zero-order valence-corrected chi connectivity index (χ0v) is 20.2. The zero-order valence-electron chi connectivity index (χ0n) is 20.2. The van der Waals surface area contributed by atoms with Crippen molar-refractivity contribution in [3.05, 3.63) is 94.3 Å². The van der Waals surface area contributed by atoms with Crippen molar-refractivity contribution in [2.45, 2.75) is 66.2 Å². The average molecular weight is 411 g/mol. The standard InChI is InChI=1S/C29H34N2/c1-21-20-22(2)31(30-21)27(24-14-18-26(19-15-24)29(6,7)8)11-9-10-23-12-16-25(17-13-23)28(3,4)5/h11-20H,1-8H3/b27-11-. The van der Waals surface area contributed by atoms with Crippen molar-refractivity contribution in [2.75, 3.05) is 0 Å². The van der Waals surface area contributed by atoms with Gasteiger partial charge >= 0.3 is 0 Å². The first-order valence-electron chi connectivity index (χ1n) is 10.9. The number of hydrogen-bond donors (Lipinski definition) is 0. The third kappa shape index (κ3) is 5.56. The second-order valence-corrected chi connectivity index (χ2v) is 10.3. The van der Waals surface area contributed by atoms with Gasteiger partial charge in [0.1, 0.15) is 0 Å². The van der Waals surface area contributed by atoms with Crippen molar-refractivity contribution in [2.24, 2.45) is 0 Å². The summed E-state index contributed by atoms with van der Waals surface area (Å²) in [7, 11) is 0. The van der Waals surface area contributed by atoms with Gasteiger partial charge in [-0.3, -0.25) is 0 Å². The molecular weight excluding hydrogens is 376 g/mol. The third-order valence-electron chi connectivity index (χ3n) is 5.46. The Morgan fingerprint density at radius 3 is 1.77 bits per heavy atom. The van der Waals surface area contributed by atoms with Crippen LogP contribution in [0.1, 0.15) is 75.2 Å². The van der Waals surface area contributed by atoms with Gasteiger partial charge in [-0.1, -0.05) is 89.8 Å². The van der Waals surface area contributed by atoms with Crippen LogP contribution in [0.5, 0.6) is 0 Å². The number of aryl methyl sites for hydroxylation is 2. The van der Waals surface area contributed by atoms with Crippen LogP contribution in [0.4, 0.5) is 0 Å². The highest BCUT2D eigenvalue weighted by Gasteiger charge is 2.15. The van der Waals surface area contributed by atoms with Gasteiger partial charge < -0.3 is 0 Å². The summed E-state index contributed by atoms with van der Waals surface area (Å²) in [4.78, 5) is 0. The maximum atomic E-state index is 4.70. The molecule has 2 nitrogen and oxygen atoms in total. The molecule has 0 aliphatic carbocycles. The molecular formula is C29H34N2. The minimum Gasteiger partial charge on any atom is -0.237 e. The van der Waals surface area contributed by atoms with E-state index in [0.29, 0.717) is 0 Å². The molecule has 2 aromatic carbocycles. The summed E-state index contributed by atoms with van der Waals surface area (Å²) in [6.07, 6.45) is 1.98. The highest BCUT2D eigenvalue weighted by atomic mass is 15.3. The van der Waals surface area contributed by atoms with E-state index in [-0.39, 0.29) is 10.8 Å². The first kappa shape index (κ1) is 22.6. The average Bonchev–Trinajstić information content (AvgIpc) is 3.02. The molecule has 1 aromatic heterocycles. The van der Waals surface area contributed by atoms with E-state index in [1.807, 2.05) is 17.7 Å². The summed E-state index contributed by atoms with van der Waals surface area (Å²) in [5.41, 5.74) is 8.11. The molecule has 3 rings (SSSR count). The van der Waals surface area contributed by atoms with E-state index in [2.05, 4.69) is 115 Å². The van der Waals surface area contributed by atoms with Crippen LogP contribution in [0.2, 0.25) is 0 Å². The molecule has 0 radical (unpaired) electrons. The maximum absolute atomic E-state index is 4.70. The largest absolute Gasteiger partial charge is 0.237 e. The van der Waals surface area contributed by atoms with Crippen molar-refractivity contribution in [3.8, 4) is 11.8 Å². The predicted molar refractivity (Wildman–Crippen MR) is 132 cm³/mol. The number of allylic oxidation sites excluding steroid dienone is 1. The number of aromatic nitrogens is 2. The van der Waals surface area contributed by atoms with Gasteiger partial charge in [0.25, 0.3) is 0 Å². The van der Waals surface area contributed by atoms with Gasteiger partial charge in [0.2, 0.25) is 0 Å². The lowest BCUT2D eigenvalue weighted by molar-refractivity contribution is 0.590. The fourth-order valence-corrected chi connectivity index (χ4v) is 3.52. The van der Waals surface area contributed by atoms with Crippen molar-refractivity contribution in [1.29, 1.82) is 0 Å². The van der Waals surface area contributed by atoms with E-state index in [0.717, 1.165) is 28.2 Å². The second-order valence-electron chi connectivity index (χ2n) is 10.3. The Labute approximate surface area is 188 Å². The van der Waals surface area contributed by atoms with E-state index in [1.54, 1.807) is 0 Å². The fourth-order valence-electron chi connectivity index (χ4n) is 3.52. The molecule has 0 saturated carbocycles. The summed E-state index contributed by atoms with van der Waals surface area (Å²) in [5, 5.41) is 4.70. The van der Waals surface area contributed by atoms with Crippen LogP contribution in [-0.4, -0.2) is 9.78 Å². The predicted octanol–water partition coefficient (Wildman–Crippen LogP) is 7.04. The first-order chi connectivity index (χ1) is 14.4. The van der Waals surface area contributed by atoms with Crippen LogP contribution in [0.25, 0.3) is 5.70 Å². The minimum atomic E-state index is 0.125. The monoisotopic (exact) mass is 410 g/mol. The van der Waals surface area contributed by atoms with Crippen LogP contribution in [-0.2, 0) is 10.8 Å². The van der Waals surface area contributed by atoms with Crippen molar-refractivity contribution < 1.29 is 0 Å². The van der Waals surface area contributed by atoms with Gasteiger partial charge in [0, 0.05) is 22.9 Å². The van der Waals surface area contributed by atoms with Gasteiger partial charge in [-0.15, -0.1) is 0 Å². The first-order valence-corrected chi connectivity index (χ1v) is 10.9. The Hall–Kier alpha value is -3.05. The highest BCUT2D eigenvalue weighted by Crippen LogP contribution is 2.26. The van der Waals surface area contributed by atoms with Gasteiger partial charge in [-0.25, -0.2) is 4.68 Å². The highest BCUT2D eigenvalue weighted by molar-refractivity contribution is 5.69. The van der Waals surface area contributed by atoms with Crippen LogP contribution >= 0.6 is 0 Å². The molecule has 2 heteroatoms. The van der Waals surface area contributed by atoms with Crippen LogP contribution in [0.15, 0.2) is 60.7 Å². The Kier molecular flexibility index (Phi) is 6.27. The number of rotatable bonds is 2. The van der Waals surface area contributed by atoms with Crippen LogP contribution < -0.4 is 0 Å². The summed E-state index contributed by atoms with van der Waals surface area (Å²) in [5.74, 6) is 6.55. The number of benzene rings is 2. The second kappa shape index (κ2) is 8.60. The zero-order chi connectivity index (χ0) is 22.8. The molecule has 0 amide bonds. The molecule has 0 bridgehead atoms. The molecule has 1 heterocycles. The van der Waals surface area contributed by atoms with E-state index in [9.17, 15) is 0 Å². The molecule has 0 spiro atoms. The lowest BCUT2D eigenvalue weighted by atomic mass is 9.86. The molecule has 0 aliphatic heterocycles. The molecule has 160 valence electrons. The van der Waals surface area contributed by atoms with E-state index in [4.69, 9.17) is 5.10 Å². The Morgan fingerprint density at radius 1 is 0.806 bits per heavy atom. The number of nitrogens with zero attached hydrogens (tertiary/aromatic N) is 2. The Morgan fingerprint density at radius 2 is 1.32 bits per heavy atom. The number of hydrogen-bond acceptors (Lipinski definition) is 1. The van der Waals surface area contributed by atoms with E-state index < -0.39 is 0 Å². The molecule has 0 saturated heterocycles. The molecule has 0 fully saturated rings. The lowest BCUT2D eigenvalue weighted by Crippen LogP contribution is -2.11. The molecule has 0 aliphatic rings. The third-order valence-corrected chi connectivity index (χ3v) is 5.46. The van der Waals surface area contributed by atoms with Crippen LogP contribution in [0.3, 0.4) is 0 Å². The van der Waals surface area contributed by atoms with Crippen molar-refractivity contribution in [1.82, 2.24) is 9.78 Å². The Balaban J connectivity index is 1.99. The molecule has 0 N–H and O–H groups in total. The molecule has 31 heavy (non-hydrogen) atoms. The summed E-state index contributed by atoms with van der Waals surface area (Å²) >= 11 is 0. The van der Waals surface area contributed by atoms with Crippen LogP contribution in [0, 0.1) is 25.7 Å². The molecule has 0 atom stereocenters. The summed E-state index contributed by atoms with van der Waals surface area (Å²) < 4.78 is 1.98. The molecule has 3 aromatic rings. The molecule has 0 unspecified atom stereocenters.